The molecule has 0 unspecified atom stereocenters. The third-order valence-corrected chi connectivity index (χ3v) is 3.90. The van der Waals surface area contributed by atoms with Gasteiger partial charge in [0.1, 0.15) is 6.04 Å². The van der Waals surface area contributed by atoms with Crippen LogP contribution in [0.1, 0.15) is 6.92 Å². The van der Waals surface area contributed by atoms with Gasteiger partial charge in [-0.2, -0.15) is 0 Å². The molecule has 0 bridgehead atoms. The number of nitrogens with two attached hydrogens (primary N) is 1. The highest BCUT2D eigenvalue weighted by Crippen LogP contribution is 2.28. The van der Waals surface area contributed by atoms with Crippen molar-refractivity contribution in [3.8, 4) is 0 Å². The molecule has 1 atom stereocenters. The third kappa shape index (κ3) is 3.51. The van der Waals surface area contributed by atoms with Crippen LogP contribution in [0.5, 0.6) is 0 Å². The van der Waals surface area contributed by atoms with Crippen LogP contribution in [0.15, 0.2) is 18.2 Å². The van der Waals surface area contributed by atoms with E-state index >= 15 is 0 Å². The number of rotatable bonds is 4. The van der Waals surface area contributed by atoms with Crippen LogP contribution in [-0.4, -0.2) is 26.6 Å². The molecule has 1 amide bonds. The Balaban J connectivity index is 3.40. The Labute approximate surface area is 116 Å². The van der Waals surface area contributed by atoms with E-state index in [1.165, 1.54) is 25.1 Å². The maximum atomic E-state index is 11.7. The van der Waals surface area contributed by atoms with E-state index < -0.39 is 22.0 Å². The van der Waals surface area contributed by atoms with Gasteiger partial charge in [-0.05, 0) is 25.1 Å². The highest BCUT2D eigenvalue weighted by molar-refractivity contribution is 7.92. The van der Waals surface area contributed by atoms with Gasteiger partial charge in [-0.15, -0.1) is 0 Å². The van der Waals surface area contributed by atoms with E-state index in [-0.39, 0.29) is 15.7 Å². The summed E-state index contributed by atoms with van der Waals surface area (Å²) in [5, 5.41) is 0.533. The molecule has 1 aromatic rings. The van der Waals surface area contributed by atoms with E-state index in [4.69, 9.17) is 28.9 Å². The van der Waals surface area contributed by atoms with Crippen LogP contribution in [0.2, 0.25) is 10.0 Å². The lowest BCUT2D eigenvalue weighted by atomic mass is 10.2. The average molecular weight is 311 g/mol. The Morgan fingerprint density at radius 1 is 1.28 bits per heavy atom. The lowest BCUT2D eigenvalue weighted by Crippen LogP contribution is -2.45. The molecule has 0 aromatic heterocycles. The minimum absolute atomic E-state index is 0.196. The molecular formula is C10H12Cl2N2O3S. The molecule has 0 aliphatic rings. The Morgan fingerprint density at radius 3 is 2.06 bits per heavy atom. The zero-order chi connectivity index (χ0) is 14.1. The van der Waals surface area contributed by atoms with Crippen LogP contribution < -0.4 is 10.0 Å². The fourth-order valence-electron chi connectivity index (χ4n) is 1.48. The Hall–Kier alpha value is -0.980. The highest BCUT2D eigenvalue weighted by Gasteiger charge is 2.27. The van der Waals surface area contributed by atoms with Gasteiger partial charge in [0.15, 0.2) is 0 Å². The smallest absolute Gasteiger partial charge is 0.241 e. The van der Waals surface area contributed by atoms with Crippen LogP contribution in [0.3, 0.4) is 0 Å². The number of halogens is 2. The number of anilines is 1. The fourth-order valence-corrected chi connectivity index (χ4v) is 3.17. The minimum atomic E-state index is -3.68. The normalized spacial score (nSPS) is 13.1. The van der Waals surface area contributed by atoms with Crippen molar-refractivity contribution in [1.29, 1.82) is 0 Å². The number of nitrogens with zero attached hydrogens (tertiary/aromatic N) is 1. The maximum absolute atomic E-state index is 11.7. The second kappa shape index (κ2) is 5.34. The molecule has 100 valence electrons. The first kappa shape index (κ1) is 15.1. The Morgan fingerprint density at radius 2 is 1.72 bits per heavy atom. The monoisotopic (exact) mass is 310 g/mol. The maximum Gasteiger partial charge on any atom is 0.241 e. The van der Waals surface area contributed by atoms with Crippen molar-refractivity contribution >= 4 is 44.8 Å². The Kier molecular flexibility index (Phi) is 4.47. The van der Waals surface area contributed by atoms with Crippen molar-refractivity contribution in [1.82, 2.24) is 0 Å². The van der Waals surface area contributed by atoms with Crippen LogP contribution in [-0.2, 0) is 14.8 Å². The number of sulfonamides is 1. The van der Waals surface area contributed by atoms with E-state index in [2.05, 4.69) is 0 Å². The van der Waals surface area contributed by atoms with Gasteiger partial charge in [-0.1, -0.05) is 23.2 Å². The van der Waals surface area contributed by atoms with Crippen molar-refractivity contribution in [3.63, 3.8) is 0 Å². The van der Waals surface area contributed by atoms with Crippen molar-refractivity contribution in [2.75, 3.05) is 10.6 Å². The van der Waals surface area contributed by atoms with Crippen LogP contribution in [0.25, 0.3) is 0 Å². The van der Waals surface area contributed by atoms with E-state index in [0.29, 0.717) is 0 Å². The minimum Gasteiger partial charge on any atom is -0.368 e. The van der Waals surface area contributed by atoms with E-state index in [1.807, 2.05) is 0 Å². The molecule has 0 radical (unpaired) electrons. The summed E-state index contributed by atoms with van der Waals surface area (Å²) in [5.41, 5.74) is 5.33. The van der Waals surface area contributed by atoms with Gasteiger partial charge in [0.05, 0.1) is 11.9 Å². The van der Waals surface area contributed by atoms with E-state index in [0.717, 1.165) is 10.6 Å². The predicted molar refractivity (Wildman–Crippen MR) is 72.4 cm³/mol. The molecule has 1 rings (SSSR count). The zero-order valence-electron chi connectivity index (χ0n) is 9.72. The number of carbonyl (C=O) groups is 1. The van der Waals surface area contributed by atoms with Crippen molar-refractivity contribution in [3.05, 3.63) is 28.2 Å². The quantitative estimate of drug-likeness (QED) is 0.917. The third-order valence-electron chi connectivity index (χ3n) is 2.22. The van der Waals surface area contributed by atoms with Crippen LogP contribution in [0, 0.1) is 0 Å². The van der Waals surface area contributed by atoms with Gasteiger partial charge in [0.25, 0.3) is 0 Å². The van der Waals surface area contributed by atoms with Crippen LogP contribution in [0.4, 0.5) is 5.69 Å². The summed E-state index contributed by atoms with van der Waals surface area (Å²) >= 11 is 11.6. The number of primary amides is 1. The summed E-state index contributed by atoms with van der Waals surface area (Å²) in [5.74, 6) is -0.767. The molecule has 1 aromatic carbocycles. The molecule has 0 saturated carbocycles. The molecular weight excluding hydrogens is 299 g/mol. The molecule has 0 aliphatic carbocycles. The molecule has 0 heterocycles. The molecule has 2 N–H and O–H groups in total. The topological polar surface area (TPSA) is 80.5 Å². The van der Waals surface area contributed by atoms with Gasteiger partial charge in [-0.25, -0.2) is 8.42 Å². The number of amides is 1. The number of benzene rings is 1. The molecule has 5 nitrogen and oxygen atoms in total. The summed E-state index contributed by atoms with van der Waals surface area (Å²) in [6.07, 6.45) is 0.973. The zero-order valence-corrected chi connectivity index (χ0v) is 12.1. The number of hydrogen-bond acceptors (Lipinski definition) is 3. The van der Waals surface area contributed by atoms with Gasteiger partial charge >= 0.3 is 0 Å². The summed E-state index contributed by atoms with van der Waals surface area (Å²) < 4.78 is 24.3. The average Bonchev–Trinajstić information content (AvgIpc) is 2.13. The molecule has 0 spiro atoms. The first-order chi connectivity index (χ1) is 8.12. The second-order valence-electron chi connectivity index (χ2n) is 3.76. The molecule has 18 heavy (non-hydrogen) atoms. The first-order valence-electron chi connectivity index (χ1n) is 4.87. The van der Waals surface area contributed by atoms with Crippen molar-refractivity contribution < 1.29 is 13.2 Å². The SMILES string of the molecule is C[C@H](C(N)=O)N(c1cc(Cl)cc(Cl)c1)S(C)(=O)=O. The number of carbonyl (C=O) groups excluding carboxylic acids is 1. The van der Waals surface area contributed by atoms with Gasteiger partial charge in [-0.3, -0.25) is 9.10 Å². The first-order valence-corrected chi connectivity index (χ1v) is 7.48. The van der Waals surface area contributed by atoms with E-state index in [9.17, 15) is 13.2 Å². The standard InChI is InChI=1S/C10H12Cl2N2O3S/c1-6(10(13)15)14(18(2,16)17)9-4-7(11)3-8(12)5-9/h3-6H,1-2H3,(H2,13,15)/t6-/m1/s1. The summed E-state index contributed by atoms with van der Waals surface area (Å²) in [6, 6.07) is 3.22. The highest BCUT2D eigenvalue weighted by atomic mass is 35.5. The second-order valence-corrected chi connectivity index (χ2v) is 6.50. The summed E-state index contributed by atoms with van der Waals surface area (Å²) in [6.45, 7) is 1.39. The van der Waals surface area contributed by atoms with Crippen molar-refractivity contribution in [2.45, 2.75) is 13.0 Å². The summed E-state index contributed by atoms with van der Waals surface area (Å²) in [4.78, 5) is 11.2. The fraction of sp³-hybridized carbons (Fsp3) is 0.300. The molecule has 0 aliphatic heterocycles. The lowest BCUT2D eigenvalue weighted by molar-refractivity contribution is -0.118. The Bertz CT molecular complexity index is 554. The molecule has 0 fully saturated rings. The largest absolute Gasteiger partial charge is 0.368 e. The summed E-state index contributed by atoms with van der Waals surface area (Å²) in [7, 11) is -3.68. The van der Waals surface area contributed by atoms with Gasteiger partial charge < -0.3 is 5.73 Å². The van der Waals surface area contributed by atoms with Crippen LogP contribution >= 0.6 is 23.2 Å². The van der Waals surface area contributed by atoms with E-state index in [1.54, 1.807) is 0 Å². The van der Waals surface area contributed by atoms with Gasteiger partial charge in [0.2, 0.25) is 15.9 Å². The predicted octanol–water partition coefficient (Wildman–Crippen LogP) is 1.63. The lowest BCUT2D eigenvalue weighted by Gasteiger charge is -2.27. The molecule has 0 saturated heterocycles. The van der Waals surface area contributed by atoms with Crippen molar-refractivity contribution in [2.24, 2.45) is 5.73 Å². The van der Waals surface area contributed by atoms with Gasteiger partial charge in [0, 0.05) is 10.0 Å². The number of hydrogen-bond donors (Lipinski definition) is 1. The molecule has 8 heteroatoms.